The first kappa shape index (κ1) is 28.6. The molecule has 0 unspecified atom stereocenters. The molecule has 2 aliphatic carbocycles. The Hall–Kier alpha value is -5.44. The lowest BCUT2D eigenvalue weighted by molar-refractivity contribution is 0.584. The first-order valence-electron chi connectivity index (χ1n) is 15.8. The average Bonchev–Trinajstić information content (AvgIpc) is 3.94. The highest BCUT2D eigenvalue weighted by atomic mass is 79.9. The minimum Gasteiger partial charge on any atom is -0.416 e. The van der Waals surface area contributed by atoms with Crippen LogP contribution in [0.2, 0.25) is 0 Å². The van der Waals surface area contributed by atoms with Gasteiger partial charge in [0, 0.05) is 31.2 Å². The van der Waals surface area contributed by atoms with Gasteiger partial charge in [-0.15, -0.1) is 20.4 Å². The number of rotatable bonds is 4. The zero-order chi connectivity index (χ0) is 32.7. The van der Waals surface area contributed by atoms with Crippen molar-refractivity contribution >= 4 is 31.9 Å². The fourth-order valence-electron chi connectivity index (χ4n) is 7.51. The number of hydrogen-bond donors (Lipinski definition) is 0. The molecular weight excluding hydrogens is 740 g/mol. The Labute approximate surface area is 297 Å². The van der Waals surface area contributed by atoms with Crippen LogP contribution in [0, 0.1) is 0 Å². The van der Waals surface area contributed by atoms with Crippen molar-refractivity contribution in [3.8, 4) is 68.1 Å². The van der Waals surface area contributed by atoms with Crippen LogP contribution in [-0.2, 0) is 5.41 Å². The number of aromatic nitrogens is 4. The zero-order valence-electron chi connectivity index (χ0n) is 25.6. The van der Waals surface area contributed by atoms with E-state index in [2.05, 4.69) is 125 Å². The van der Waals surface area contributed by atoms with Crippen LogP contribution in [0.5, 0.6) is 0 Å². The lowest BCUT2D eigenvalue weighted by atomic mass is 9.70. The van der Waals surface area contributed by atoms with Crippen LogP contribution < -0.4 is 0 Å². The van der Waals surface area contributed by atoms with E-state index in [0.29, 0.717) is 23.6 Å². The number of halogens is 2. The first-order chi connectivity index (χ1) is 24.1. The molecule has 49 heavy (non-hydrogen) atoms. The van der Waals surface area contributed by atoms with E-state index in [1.54, 1.807) is 0 Å². The van der Waals surface area contributed by atoms with Gasteiger partial charge in [-0.05, 0) is 117 Å². The van der Waals surface area contributed by atoms with Crippen molar-refractivity contribution in [1.29, 1.82) is 0 Å². The number of benzene rings is 6. The molecule has 0 saturated carbocycles. The molecule has 10 rings (SSSR count). The molecule has 232 valence electrons. The molecule has 8 aromatic rings. The highest BCUT2D eigenvalue weighted by Crippen LogP contribution is 2.64. The maximum Gasteiger partial charge on any atom is 0.248 e. The fraction of sp³-hybridized carbons (Fsp3) is 0.0244. The summed E-state index contributed by atoms with van der Waals surface area (Å²) < 4.78 is 14.6. The van der Waals surface area contributed by atoms with Crippen molar-refractivity contribution in [3.63, 3.8) is 0 Å². The molecule has 0 radical (unpaired) electrons. The van der Waals surface area contributed by atoms with Gasteiger partial charge < -0.3 is 8.83 Å². The Morgan fingerprint density at radius 2 is 0.714 bits per heavy atom. The third-order valence-corrected chi connectivity index (χ3v) is 10.6. The van der Waals surface area contributed by atoms with Crippen LogP contribution in [-0.4, -0.2) is 20.4 Å². The Kier molecular flexibility index (Phi) is 6.29. The zero-order valence-corrected chi connectivity index (χ0v) is 28.7. The lowest BCUT2D eigenvalue weighted by Gasteiger charge is -2.31. The SMILES string of the molecule is Brc1ccc2c(c1)C1(c3cc(Br)ccc3-c3ccc(-c4nnc(-c5ccccc5)o4)cc31)c1cc(-c3nnc(-c4ccccc4)o3)ccc1-2. The molecule has 0 amide bonds. The largest absolute Gasteiger partial charge is 0.416 e. The van der Waals surface area contributed by atoms with Crippen LogP contribution in [0.3, 0.4) is 0 Å². The predicted octanol–water partition coefficient (Wildman–Crippen LogP) is 11.0. The molecule has 0 aliphatic heterocycles. The summed E-state index contributed by atoms with van der Waals surface area (Å²) in [4.78, 5) is 0. The summed E-state index contributed by atoms with van der Waals surface area (Å²) in [5.41, 5.74) is 12.1. The van der Waals surface area contributed by atoms with E-state index in [-0.39, 0.29) is 0 Å². The fourth-order valence-corrected chi connectivity index (χ4v) is 8.24. The molecule has 2 aromatic heterocycles. The average molecular weight is 762 g/mol. The Bertz CT molecular complexity index is 2410. The molecule has 2 aliphatic rings. The van der Waals surface area contributed by atoms with Gasteiger partial charge in [-0.25, -0.2) is 0 Å². The van der Waals surface area contributed by atoms with Crippen LogP contribution in [0.25, 0.3) is 68.1 Å². The van der Waals surface area contributed by atoms with Crippen LogP contribution in [0.1, 0.15) is 22.3 Å². The minimum absolute atomic E-state index is 0.467. The Balaban J connectivity index is 1.21. The normalized spacial score (nSPS) is 13.3. The van der Waals surface area contributed by atoms with Gasteiger partial charge in [0.2, 0.25) is 23.6 Å². The number of nitrogens with zero attached hydrogens (tertiary/aromatic N) is 4. The monoisotopic (exact) mass is 760 g/mol. The van der Waals surface area contributed by atoms with E-state index in [4.69, 9.17) is 8.83 Å². The third kappa shape index (κ3) is 4.24. The Morgan fingerprint density at radius 3 is 1.12 bits per heavy atom. The van der Waals surface area contributed by atoms with Crippen LogP contribution in [0.4, 0.5) is 0 Å². The molecule has 0 atom stereocenters. The molecule has 0 bridgehead atoms. The molecule has 2 heterocycles. The second-order valence-corrected chi connectivity index (χ2v) is 14.0. The molecule has 8 heteroatoms. The van der Waals surface area contributed by atoms with Gasteiger partial charge in [-0.2, -0.15) is 0 Å². The van der Waals surface area contributed by atoms with Crippen molar-refractivity contribution in [3.05, 3.63) is 165 Å². The van der Waals surface area contributed by atoms with Crippen molar-refractivity contribution in [2.45, 2.75) is 5.41 Å². The standard InChI is InChI=1S/C41H22Br2N4O2/c42-27-13-17-31-29-15-11-25(39-46-44-37(48-39)23-7-3-1-4-8-23)19-33(29)41(35(31)21-27)34-20-26(12-16-30(34)32-18-14-28(43)22-36(32)41)40-47-45-38(49-40)24-9-5-2-6-10-24/h1-22H. The summed E-state index contributed by atoms with van der Waals surface area (Å²) in [5, 5.41) is 17.8. The summed E-state index contributed by atoms with van der Waals surface area (Å²) >= 11 is 7.62. The summed E-state index contributed by atoms with van der Waals surface area (Å²) in [6, 6.07) is 45.8. The second-order valence-electron chi connectivity index (χ2n) is 12.2. The quantitative estimate of drug-likeness (QED) is 0.178. The van der Waals surface area contributed by atoms with Crippen LogP contribution >= 0.6 is 31.9 Å². The number of fused-ring (bicyclic) bond motifs is 10. The van der Waals surface area contributed by atoms with Crippen molar-refractivity contribution in [2.75, 3.05) is 0 Å². The maximum absolute atomic E-state index is 6.27. The molecular formula is C41H22Br2N4O2. The minimum atomic E-state index is -0.653. The van der Waals surface area contributed by atoms with Crippen molar-refractivity contribution in [2.24, 2.45) is 0 Å². The highest BCUT2D eigenvalue weighted by Gasteiger charge is 2.52. The second kappa shape index (κ2) is 10.8. The molecule has 0 fully saturated rings. The van der Waals surface area contributed by atoms with Gasteiger partial charge in [0.05, 0.1) is 5.41 Å². The number of hydrogen-bond acceptors (Lipinski definition) is 6. The first-order valence-corrected chi connectivity index (χ1v) is 17.3. The molecule has 6 aromatic carbocycles. The van der Waals surface area contributed by atoms with Gasteiger partial charge >= 0.3 is 0 Å². The van der Waals surface area contributed by atoms with E-state index >= 15 is 0 Å². The summed E-state index contributed by atoms with van der Waals surface area (Å²) in [6.07, 6.45) is 0. The van der Waals surface area contributed by atoms with Crippen molar-refractivity contribution < 1.29 is 8.83 Å². The van der Waals surface area contributed by atoms with Gasteiger partial charge in [0.15, 0.2) is 0 Å². The summed E-state index contributed by atoms with van der Waals surface area (Å²) in [5.74, 6) is 1.90. The van der Waals surface area contributed by atoms with Gasteiger partial charge in [0.25, 0.3) is 0 Å². The molecule has 0 N–H and O–H groups in total. The van der Waals surface area contributed by atoms with E-state index in [1.165, 1.54) is 22.3 Å². The summed E-state index contributed by atoms with van der Waals surface area (Å²) in [6.45, 7) is 0. The van der Waals surface area contributed by atoms with E-state index in [0.717, 1.165) is 53.5 Å². The van der Waals surface area contributed by atoms with E-state index in [9.17, 15) is 0 Å². The smallest absolute Gasteiger partial charge is 0.248 e. The molecule has 1 spiro atoms. The predicted molar refractivity (Wildman–Crippen MR) is 196 cm³/mol. The van der Waals surface area contributed by atoms with Crippen LogP contribution in [0.15, 0.2) is 151 Å². The van der Waals surface area contributed by atoms with E-state index in [1.807, 2.05) is 60.7 Å². The Morgan fingerprint density at radius 1 is 0.367 bits per heavy atom. The van der Waals surface area contributed by atoms with Gasteiger partial charge in [0.1, 0.15) is 0 Å². The topological polar surface area (TPSA) is 77.8 Å². The third-order valence-electron chi connectivity index (χ3n) is 9.58. The van der Waals surface area contributed by atoms with Crippen molar-refractivity contribution in [1.82, 2.24) is 20.4 Å². The molecule has 6 nitrogen and oxygen atoms in total. The molecule has 0 saturated heterocycles. The highest BCUT2D eigenvalue weighted by molar-refractivity contribution is 9.10. The lowest BCUT2D eigenvalue weighted by Crippen LogP contribution is -2.26. The van der Waals surface area contributed by atoms with E-state index < -0.39 is 5.41 Å². The maximum atomic E-state index is 6.27. The van der Waals surface area contributed by atoms with Gasteiger partial charge in [-0.1, -0.05) is 92.5 Å². The summed E-state index contributed by atoms with van der Waals surface area (Å²) in [7, 11) is 0. The van der Waals surface area contributed by atoms with Gasteiger partial charge in [-0.3, -0.25) is 0 Å².